The summed E-state index contributed by atoms with van der Waals surface area (Å²) < 4.78 is 18.7. The Balaban J connectivity index is 0.00000161. The number of rotatable bonds is 2. The molecule has 0 radical (unpaired) electrons. The molecule has 1 aliphatic carbocycles. The summed E-state index contributed by atoms with van der Waals surface area (Å²) in [6.45, 7) is 1.58. The second-order valence-electron chi connectivity index (χ2n) is 5.36. The summed E-state index contributed by atoms with van der Waals surface area (Å²) in [5.41, 5.74) is 0.407. The maximum atomic E-state index is 13.0. The molecular formula is C14H19ClFN3O2. The van der Waals surface area contributed by atoms with Crippen molar-refractivity contribution < 1.29 is 13.9 Å². The summed E-state index contributed by atoms with van der Waals surface area (Å²) in [4.78, 5) is 15.9. The van der Waals surface area contributed by atoms with E-state index in [1.165, 1.54) is 12.3 Å². The summed E-state index contributed by atoms with van der Waals surface area (Å²) in [5.74, 6) is -0.578. The first-order valence-corrected chi connectivity index (χ1v) is 6.99. The van der Waals surface area contributed by atoms with E-state index in [-0.39, 0.29) is 36.4 Å². The predicted molar refractivity (Wildman–Crippen MR) is 78.9 cm³/mol. The van der Waals surface area contributed by atoms with Gasteiger partial charge in [0.05, 0.1) is 30.8 Å². The average molecular weight is 316 g/mol. The number of carbonyl (C=O) groups excluding carboxylic acids is 1. The van der Waals surface area contributed by atoms with Crippen LogP contribution in [0, 0.1) is 11.7 Å². The highest BCUT2D eigenvalue weighted by atomic mass is 35.5. The van der Waals surface area contributed by atoms with Gasteiger partial charge in [0.1, 0.15) is 5.82 Å². The molecule has 3 atom stereocenters. The molecule has 0 spiro atoms. The molecule has 0 unspecified atom stereocenters. The van der Waals surface area contributed by atoms with Crippen molar-refractivity contribution in [1.82, 2.24) is 10.3 Å². The number of nitrogens with one attached hydrogen (secondary N) is 2. The van der Waals surface area contributed by atoms with E-state index in [0.29, 0.717) is 5.69 Å². The molecule has 1 saturated carbocycles. The van der Waals surface area contributed by atoms with Crippen LogP contribution in [-0.2, 0) is 9.53 Å². The highest BCUT2D eigenvalue weighted by Gasteiger charge is 2.35. The van der Waals surface area contributed by atoms with Crippen molar-refractivity contribution in [3.8, 4) is 0 Å². The van der Waals surface area contributed by atoms with E-state index in [1.807, 2.05) is 0 Å². The van der Waals surface area contributed by atoms with Crippen molar-refractivity contribution >= 4 is 24.0 Å². The molecule has 0 bridgehead atoms. The van der Waals surface area contributed by atoms with Crippen LogP contribution in [0.5, 0.6) is 0 Å². The van der Waals surface area contributed by atoms with Crippen LogP contribution in [0.3, 0.4) is 0 Å². The monoisotopic (exact) mass is 315 g/mol. The smallest absolute Gasteiger partial charge is 0.227 e. The largest absolute Gasteiger partial charge is 0.375 e. The molecule has 0 aromatic carbocycles. The minimum absolute atomic E-state index is 0. The number of pyridine rings is 1. The minimum Gasteiger partial charge on any atom is -0.375 e. The Morgan fingerprint density at radius 1 is 1.43 bits per heavy atom. The standard InChI is InChI=1S/C14H18FN3O2.ClH/c15-10-6-11(8-16-7-10)18-14(19)9-1-2-13-12(5-9)17-3-4-20-13;/h6-9,12-13,17H,1-5H2,(H,18,19);1H/t9-,12+,13+;/m0./s1. The molecule has 116 valence electrons. The van der Waals surface area contributed by atoms with E-state index in [9.17, 15) is 9.18 Å². The number of anilines is 1. The number of amides is 1. The van der Waals surface area contributed by atoms with Gasteiger partial charge in [-0.15, -0.1) is 12.4 Å². The molecule has 3 rings (SSSR count). The van der Waals surface area contributed by atoms with E-state index in [4.69, 9.17) is 4.74 Å². The van der Waals surface area contributed by atoms with Gasteiger partial charge in [0.15, 0.2) is 0 Å². The predicted octanol–water partition coefficient (Wildman–Crippen LogP) is 1.74. The van der Waals surface area contributed by atoms with Crippen molar-refractivity contribution in [2.45, 2.75) is 31.4 Å². The van der Waals surface area contributed by atoms with Crippen LogP contribution >= 0.6 is 12.4 Å². The molecule has 1 aliphatic heterocycles. The fourth-order valence-corrected chi connectivity index (χ4v) is 2.97. The second-order valence-corrected chi connectivity index (χ2v) is 5.36. The quantitative estimate of drug-likeness (QED) is 0.872. The molecule has 1 aromatic heterocycles. The van der Waals surface area contributed by atoms with Crippen LogP contribution in [0.25, 0.3) is 0 Å². The summed E-state index contributed by atoms with van der Waals surface area (Å²) >= 11 is 0. The Morgan fingerprint density at radius 2 is 2.29 bits per heavy atom. The molecule has 2 heterocycles. The molecule has 2 aliphatic rings. The average Bonchev–Trinajstić information content (AvgIpc) is 2.47. The topological polar surface area (TPSA) is 63.2 Å². The van der Waals surface area contributed by atoms with Gasteiger partial charge in [-0.1, -0.05) is 0 Å². The number of morpholine rings is 1. The summed E-state index contributed by atoms with van der Waals surface area (Å²) in [6, 6.07) is 1.53. The number of hydrogen-bond acceptors (Lipinski definition) is 4. The summed E-state index contributed by atoms with van der Waals surface area (Å²) in [5, 5.41) is 6.14. The zero-order valence-corrected chi connectivity index (χ0v) is 12.4. The number of halogens is 2. The molecule has 7 heteroatoms. The highest BCUT2D eigenvalue weighted by Crippen LogP contribution is 2.29. The van der Waals surface area contributed by atoms with Gasteiger partial charge in [-0.2, -0.15) is 0 Å². The van der Waals surface area contributed by atoms with Gasteiger partial charge < -0.3 is 15.4 Å². The zero-order chi connectivity index (χ0) is 13.9. The lowest BCUT2D eigenvalue weighted by Gasteiger charge is -2.39. The first-order chi connectivity index (χ1) is 9.72. The Bertz CT molecular complexity index is 503. The van der Waals surface area contributed by atoms with Crippen molar-refractivity contribution in [3.05, 3.63) is 24.3 Å². The first kappa shape index (κ1) is 16.1. The van der Waals surface area contributed by atoms with Crippen LogP contribution in [0.2, 0.25) is 0 Å². The number of aromatic nitrogens is 1. The minimum atomic E-state index is -0.450. The fourth-order valence-electron chi connectivity index (χ4n) is 2.97. The number of hydrogen-bond donors (Lipinski definition) is 2. The van der Waals surface area contributed by atoms with Crippen molar-refractivity contribution in [3.63, 3.8) is 0 Å². The Morgan fingerprint density at radius 3 is 3.10 bits per heavy atom. The number of nitrogens with zero attached hydrogens (tertiary/aromatic N) is 1. The van der Waals surface area contributed by atoms with Gasteiger partial charge in [-0.25, -0.2) is 4.39 Å². The van der Waals surface area contributed by atoms with Crippen LogP contribution in [0.1, 0.15) is 19.3 Å². The van der Waals surface area contributed by atoms with Gasteiger partial charge in [-0.3, -0.25) is 9.78 Å². The molecule has 5 nitrogen and oxygen atoms in total. The Hall–Kier alpha value is -1.24. The zero-order valence-electron chi connectivity index (χ0n) is 11.5. The first-order valence-electron chi connectivity index (χ1n) is 6.99. The number of fused-ring (bicyclic) bond motifs is 1. The van der Waals surface area contributed by atoms with Crippen molar-refractivity contribution in [2.75, 3.05) is 18.5 Å². The van der Waals surface area contributed by atoms with Crippen molar-refractivity contribution in [2.24, 2.45) is 5.92 Å². The highest BCUT2D eigenvalue weighted by molar-refractivity contribution is 5.92. The lowest BCUT2D eigenvalue weighted by Crippen LogP contribution is -2.52. The van der Waals surface area contributed by atoms with Crippen molar-refractivity contribution in [1.29, 1.82) is 0 Å². The van der Waals surface area contributed by atoms with Crippen LogP contribution < -0.4 is 10.6 Å². The fraction of sp³-hybridized carbons (Fsp3) is 0.571. The second kappa shape index (κ2) is 7.15. The SMILES string of the molecule is Cl.O=C(Nc1cncc(F)c1)[C@H]1CC[C@H]2OCCN[C@@H]2C1. The van der Waals surface area contributed by atoms with Gasteiger partial charge in [0.25, 0.3) is 0 Å². The molecular weight excluding hydrogens is 297 g/mol. The molecule has 2 fully saturated rings. The molecule has 1 amide bonds. The van der Waals surface area contributed by atoms with Gasteiger partial charge in [0, 0.05) is 24.6 Å². The molecule has 1 saturated heterocycles. The van der Waals surface area contributed by atoms with Crippen LogP contribution in [0.15, 0.2) is 18.5 Å². The summed E-state index contributed by atoms with van der Waals surface area (Å²) in [6.07, 6.45) is 5.25. The third-order valence-electron chi connectivity index (χ3n) is 3.97. The third-order valence-corrected chi connectivity index (χ3v) is 3.97. The van der Waals surface area contributed by atoms with E-state index in [2.05, 4.69) is 15.6 Å². The van der Waals surface area contributed by atoms with Gasteiger partial charge >= 0.3 is 0 Å². The maximum Gasteiger partial charge on any atom is 0.227 e. The van der Waals surface area contributed by atoms with E-state index in [1.54, 1.807) is 0 Å². The number of ether oxygens (including phenoxy) is 1. The number of carbonyl (C=O) groups is 1. The summed E-state index contributed by atoms with van der Waals surface area (Å²) in [7, 11) is 0. The van der Waals surface area contributed by atoms with E-state index >= 15 is 0 Å². The van der Waals surface area contributed by atoms with Gasteiger partial charge in [0.2, 0.25) is 5.91 Å². The lowest BCUT2D eigenvalue weighted by molar-refractivity contribution is -0.123. The third kappa shape index (κ3) is 3.90. The maximum absolute atomic E-state index is 13.0. The normalized spacial score (nSPS) is 28.1. The van der Waals surface area contributed by atoms with Gasteiger partial charge in [-0.05, 0) is 19.3 Å². The van der Waals surface area contributed by atoms with E-state index < -0.39 is 5.82 Å². The van der Waals surface area contributed by atoms with E-state index in [0.717, 1.165) is 38.6 Å². The van der Waals surface area contributed by atoms with Crippen LogP contribution in [-0.4, -0.2) is 36.2 Å². The molecule has 1 aromatic rings. The molecule has 21 heavy (non-hydrogen) atoms. The molecule has 2 N–H and O–H groups in total. The Kier molecular flexibility index (Phi) is 5.50. The Labute approximate surface area is 129 Å². The van der Waals surface area contributed by atoms with Crippen LogP contribution in [0.4, 0.5) is 10.1 Å². The lowest BCUT2D eigenvalue weighted by atomic mass is 9.82.